The molecule has 0 amide bonds. The number of imidazole rings is 1. The lowest BCUT2D eigenvalue weighted by Crippen LogP contribution is -1.97. The van der Waals surface area contributed by atoms with E-state index in [-0.39, 0.29) is 12.2 Å². The summed E-state index contributed by atoms with van der Waals surface area (Å²) in [6.45, 7) is 2.33. The number of hydrogen-bond donors (Lipinski definition) is 1. The van der Waals surface area contributed by atoms with E-state index in [1.54, 1.807) is 22.9 Å². The number of carbonyl (C=O) groups is 1. The largest absolute Gasteiger partial charge is 0.493 e. The fraction of sp³-hybridized carbons (Fsp3) is 0.200. The molecule has 1 aromatic carbocycles. The van der Waals surface area contributed by atoms with Gasteiger partial charge in [-0.1, -0.05) is 0 Å². The molecular weight excluding hydrogens is 307 g/mol. The van der Waals surface area contributed by atoms with Gasteiger partial charge in [0.25, 0.3) is 0 Å². The van der Waals surface area contributed by atoms with Crippen molar-refractivity contribution in [3.63, 3.8) is 0 Å². The predicted octanol–water partition coefficient (Wildman–Crippen LogP) is 3.23. The molecule has 0 saturated carbocycles. The number of hydrogen-bond acceptors (Lipinski definition) is 4. The molecule has 2 heterocycles. The van der Waals surface area contributed by atoms with E-state index in [1.165, 1.54) is 23.5 Å². The zero-order valence-corrected chi connectivity index (χ0v) is 12.6. The summed E-state index contributed by atoms with van der Waals surface area (Å²) in [5.74, 6) is -0.671. The second-order valence-electron chi connectivity index (χ2n) is 4.66. The van der Waals surface area contributed by atoms with Crippen molar-refractivity contribution in [2.24, 2.45) is 0 Å². The Bertz CT molecular complexity index is 809. The summed E-state index contributed by atoms with van der Waals surface area (Å²) in [6, 6.07) is 4.31. The van der Waals surface area contributed by atoms with Crippen LogP contribution in [0.15, 0.2) is 30.6 Å². The van der Waals surface area contributed by atoms with Gasteiger partial charge in [0.05, 0.1) is 18.7 Å². The quantitative estimate of drug-likeness (QED) is 0.784. The maximum Gasteiger partial charge on any atom is 0.308 e. The molecule has 0 atom stereocenters. The van der Waals surface area contributed by atoms with Crippen LogP contribution in [0.4, 0.5) is 4.39 Å². The van der Waals surface area contributed by atoms with E-state index >= 15 is 0 Å². The zero-order valence-electron chi connectivity index (χ0n) is 11.7. The van der Waals surface area contributed by atoms with Crippen LogP contribution >= 0.6 is 11.3 Å². The second-order valence-corrected chi connectivity index (χ2v) is 5.75. The number of carboxylic acid groups (broad SMARTS) is 1. The molecule has 0 fully saturated rings. The third kappa shape index (κ3) is 2.80. The molecule has 114 valence electrons. The van der Waals surface area contributed by atoms with Gasteiger partial charge >= 0.3 is 5.97 Å². The molecule has 0 aliphatic carbocycles. The number of nitrogens with zero attached hydrogens (tertiary/aromatic N) is 2. The summed E-state index contributed by atoms with van der Waals surface area (Å²) in [4.78, 5) is 16.5. The van der Waals surface area contributed by atoms with Crippen molar-refractivity contribution in [3.8, 4) is 17.0 Å². The van der Waals surface area contributed by atoms with Crippen LogP contribution in [-0.2, 0) is 11.2 Å². The Morgan fingerprint density at radius 3 is 2.95 bits per heavy atom. The van der Waals surface area contributed by atoms with Crippen molar-refractivity contribution < 1.29 is 19.0 Å². The van der Waals surface area contributed by atoms with Crippen molar-refractivity contribution in [2.75, 3.05) is 6.61 Å². The van der Waals surface area contributed by atoms with Gasteiger partial charge in [-0.2, -0.15) is 0 Å². The first-order valence-corrected chi connectivity index (χ1v) is 7.50. The van der Waals surface area contributed by atoms with Crippen LogP contribution in [0.3, 0.4) is 0 Å². The monoisotopic (exact) mass is 320 g/mol. The fourth-order valence-corrected chi connectivity index (χ4v) is 3.14. The van der Waals surface area contributed by atoms with Crippen LogP contribution in [0.25, 0.3) is 16.2 Å². The SMILES string of the molecule is CCOc1ccc(F)cc1-c1cn2cc(CC(=O)O)sc2n1. The summed E-state index contributed by atoms with van der Waals surface area (Å²) < 4.78 is 20.8. The zero-order chi connectivity index (χ0) is 15.7. The van der Waals surface area contributed by atoms with Gasteiger partial charge in [0, 0.05) is 22.8 Å². The minimum atomic E-state index is -0.881. The lowest BCUT2D eigenvalue weighted by Gasteiger charge is -2.08. The highest BCUT2D eigenvalue weighted by molar-refractivity contribution is 7.17. The predicted molar refractivity (Wildman–Crippen MR) is 81.0 cm³/mol. The van der Waals surface area contributed by atoms with Crippen molar-refractivity contribution in [3.05, 3.63) is 41.3 Å². The molecule has 0 aliphatic heterocycles. The number of aromatic nitrogens is 2. The molecule has 0 spiro atoms. The van der Waals surface area contributed by atoms with Gasteiger partial charge in [-0.25, -0.2) is 9.37 Å². The molecule has 1 N–H and O–H groups in total. The molecular formula is C15H13FN2O3S. The minimum absolute atomic E-state index is 0.0342. The van der Waals surface area contributed by atoms with E-state index in [1.807, 2.05) is 6.92 Å². The maximum absolute atomic E-state index is 13.5. The molecule has 7 heteroatoms. The molecule has 0 saturated heterocycles. The highest BCUT2D eigenvalue weighted by atomic mass is 32.1. The van der Waals surface area contributed by atoms with Gasteiger partial charge in [0.2, 0.25) is 0 Å². The van der Waals surface area contributed by atoms with E-state index in [4.69, 9.17) is 9.84 Å². The summed E-state index contributed by atoms with van der Waals surface area (Å²) in [5.41, 5.74) is 1.17. The number of carboxylic acids is 1. The first-order chi connectivity index (χ1) is 10.6. The summed E-state index contributed by atoms with van der Waals surface area (Å²) in [5, 5.41) is 8.81. The number of benzene rings is 1. The van der Waals surface area contributed by atoms with Crippen molar-refractivity contribution >= 4 is 22.3 Å². The number of thiazole rings is 1. The number of ether oxygens (including phenoxy) is 1. The summed E-state index contributed by atoms with van der Waals surface area (Å²) in [7, 11) is 0. The topological polar surface area (TPSA) is 63.8 Å². The van der Waals surface area contributed by atoms with E-state index < -0.39 is 5.97 Å². The Morgan fingerprint density at radius 2 is 2.27 bits per heavy atom. The summed E-state index contributed by atoms with van der Waals surface area (Å²) in [6.07, 6.45) is 3.44. The molecule has 3 aromatic rings. The highest BCUT2D eigenvalue weighted by Crippen LogP contribution is 2.32. The minimum Gasteiger partial charge on any atom is -0.493 e. The number of fused-ring (bicyclic) bond motifs is 1. The van der Waals surface area contributed by atoms with Crippen LogP contribution in [0.5, 0.6) is 5.75 Å². The van der Waals surface area contributed by atoms with Crippen molar-refractivity contribution in [1.29, 1.82) is 0 Å². The molecule has 0 radical (unpaired) electrons. The van der Waals surface area contributed by atoms with Crippen molar-refractivity contribution in [2.45, 2.75) is 13.3 Å². The van der Waals surface area contributed by atoms with E-state index in [2.05, 4.69) is 4.98 Å². The Kier molecular flexibility index (Phi) is 3.81. The average Bonchev–Trinajstić information content (AvgIpc) is 2.98. The lowest BCUT2D eigenvalue weighted by atomic mass is 10.1. The molecule has 22 heavy (non-hydrogen) atoms. The van der Waals surface area contributed by atoms with Crippen LogP contribution in [0, 0.1) is 5.82 Å². The maximum atomic E-state index is 13.5. The molecule has 0 unspecified atom stereocenters. The van der Waals surface area contributed by atoms with Crippen molar-refractivity contribution in [1.82, 2.24) is 9.38 Å². The third-order valence-corrected chi connectivity index (χ3v) is 4.04. The van der Waals surface area contributed by atoms with Gasteiger partial charge in [-0.15, -0.1) is 11.3 Å². The fourth-order valence-electron chi connectivity index (χ4n) is 2.19. The Labute approximate surface area is 129 Å². The normalized spacial score (nSPS) is 11.0. The van der Waals surface area contributed by atoms with Crippen LogP contribution in [0.1, 0.15) is 11.8 Å². The van der Waals surface area contributed by atoms with Crippen LogP contribution < -0.4 is 4.74 Å². The smallest absolute Gasteiger partial charge is 0.308 e. The van der Waals surface area contributed by atoms with Gasteiger partial charge in [0.15, 0.2) is 4.96 Å². The molecule has 0 aliphatic rings. The third-order valence-electron chi connectivity index (χ3n) is 3.05. The summed E-state index contributed by atoms with van der Waals surface area (Å²) >= 11 is 1.30. The lowest BCUT2D eigenvalue weighted by molar-refractivity contribution is -0.136. The first-order valence-electron chi connectivity index (χ1n) is 6.68. The molecule has 2 aromatic heterocycles. The number of aliphatic carboxylic acids is 1. The van der Waals surface area contributed by atoms with Gasteiger partial charge in [-0.3, -0.25) is 9.20 Å². The van der Waals surface area contributed by atoms with Gasteiger partial charge in [-0.05, 0) is 25.1 Å². The highest BCUT2D eigenvalue weighted by Gasteiger charge is 2.14. The Hall–Kier alpha value is -2.41. The second kappa shape index (κ2) is 5.76. The number of rotatable bonds is 5. The molecule has 0 bridgehead atoms. The Morgan fingerprint density at radius 1 is 1.45 bits per heavy atom. The average molecular weight is 320 g/mol. The van der Waals surface area contributed by atoms with Gasteiger partial charge in [0.1, 0.15) is 11.6 Å². The van der Waals surface area contributed by atoms with Crippen LogP contribution in [-0.4, -0.2) is 27.1 Å². The number of halogens is 1. The van der Waals surface area contributed by atoms with Gasteiger partial charge < -0.3 is 9.84 Å². The molecule has 5 nitrogen and oxygen atoms in total. The molecule has 3 rings (SSSR count). The van der Waals surface area contributed by atoms with E-state index in [0.29, 0.717) is 33.5 Å². The van der Waals surface area contributed by atoms with E-state index in [9.17, 15) is 9.18 Å². The standard InChI is InChI=1S/C15H13FN2O3S/c1-2-21-13-4-3-9(16)5-11(13)12-8-18-7-10(6-14(19)20)22-15(18)17-12/h3-5,7-8H,2,6H2,1H3,(H,19,20). The van der Waals surface area contributed by atoms with E-state index in [0.717, 1.165) is 0 Å². The first kappa shape index (κ1) is 14.5. The Balaban J connectivity index is 2.01. The van der Waals surface area contributed by atoms with Crippen LogP contribution in [0.2, 0.25) is 0 Å².